The summed E-state index contributed by atoms with van der Waals surface area (Å²) in [7, 11) is 0. The predicted octanol–water partition coefficient (Wildman–Crippen LogP) is 0.899. The average Bonchev–Trinajstić information content (AvgIpc) is 3.38. The molecule has 0 aromatic rings. The van der Waals surface area contributed by atoms with E-state index >= 15 is 0 Å². The first-order chi connectivity index (χ1) is 21.5. The van der Waals surface area contributed by atoms with Crippen LogP contribution in [-0.2, 0) is 71.3 Å². The second kappa shape index (κ2) is 16.3. The summed E-state index contributed by atoms with van der Waals surface area (Å²) in [4.78, 5) is 60.4. The summed E-state index contributed by atoms with van der Waals surface area (Å²) in [6, 6.07) is -1.22. The average molecular weight is 662 g/mol. The van der Waals surface area contributed by atoms with Gasteiger partial charge in [-0.05, 0) is 26.2 Å². The van der Waals surface area contributed by atoms with Crippen molar-refractivity contribution in [2.24, 2.45) is 5.92 Å². The smallest absolute Gasteiger partial charge is 0.303 e. The van der Waals surface area contributed by atoms with Gasteiger partial charge in [0.2, 0.25) is 5.91 Å². The van der Waals surface area contributed by atoms with Gasteiger partial charge >= 0.3 is 23.9 Å². The van der Waals surface area contributed by atoms with Gasteiger partial charge in [0.1, 0.15) is 37.1 Å². The fraction of sp³-hybridized carbons (Fsp3) is 0.833. The Morgan fingerprint density at radius 1 is 0.804 bits per heavy atom. The molecule has 16 heteroatoms. The lowest BCUT2D eigenvalue weighted by atomic mass is 9.96. The molecule has 0 radical (unpaired) electrons. The van der Waals surface area contributed by atoms with Gasteiger partial charge in [-0.3, -0.25) is 24.0 Å². The van der Waals surface area contributed by atoms with Gasteiger partial charge in [0.15, 0.2) is 36.7 Å². The number of fused-ring (bicyclic) bond motifs is 1. The first-order valence-corrected chi connectivity index (χ1v) is 15.3. The molecule has 0 spiro atoms. The third-order valence-electron chi connectivity index (χ3n) is 7.21. The zero-order chi connectivity index (χ0) is 34.3. The number of nitrogens with one attached hydrogen (secondary N) is 1. The number of esters is 4. The fourth-order valence-corrected chi connectivity index (χ4v) is 5.46. The van der Waals surface area contributed by atoms with Crippen molar-refractivity contribution in [1.29, 1.82) is 0 Å². The second-order valence-electron chi connectivity index (χ2n) is 12.3. The molecule has 0 unspecified atom stereocenters. The van der Waals surface area contributed by atoms with E-state index < -0.39 is 104 Å². The zero-order valence-electron chi connectivity index (χ0n) is 27.8. The summed E-state index contributed by atoms with van der Waals surface area (Å²) in [5.74, 6) is -3.90. The van der Waals surface area contributed by atoms with Crippen molar-refractivity contribution in [3.05, 3.63) is 0 Å². The van der Waals surface area contributed by atoms with Gasteiger partial charge < -0.3 is 52.7 Å². The minimum Gasteiger partial charge on any atom is -0.463 e. The Labute approximate surface area is 268 Å². The third kappa shape index (κ3) is 10.6. The minimum absolute atomic E-state index is 0.358. The maximum atomic E-state index is 12.3. The van der Waals surface area contributed by atoms with Crippen LogP contribution in [0.5, 0.6) is 0 Å². The van der Waals surface area contributed by atoms with Gasteiger partial charge in [-0.2, -0.15) is 0 Å². The summed E-state index contributed by atoms with van der Waals surface area (Å²) in [6.45, 7) is 13.1. The molecule has 3 aliphatic heterocycles. The number of carbonyl (C=O) groups is 5. The van der Waals surface area contributed by atoms with Crippen LogP contribution in [0.25, 0.3) is 0 Å². The largest absolute Gasteiger partial charge is 0.463 e. The molecule has 0 aliphatic carbocycles. The molecule has 3 rings (SSSR count). The molecule has 1 N–H and O–H groups in total. The van der Waals surface area contributed by atoms with Crippen molar-refractivity contribution in [3.63, 3.8) is 0 Å². The van der Waals surface area contributed by atoms with E-state index in [-0.39, 0.29) is 6.61 Å². The number of amides is 1. The lowest BCUT2D eigenvalue weighted by Gasteiger charge is -2.45. The van der Waals surface area contributed by atoms with Gasteiger partial charge in [0.25, 0.3) is 0 Å². The second-order valence-corrected chi connectivity index (χ2v) is 12.3. The zero-order valence-corrected chi connectivity index (χ0v) is 27.8. The van der Waals surface area contributed by atoms with Crippen LogP contribution >= 0.6 is 0 Å². The Morgan fingerprint density at radius 3 is 2.02 bits per heavy atom. The first kappa shape index (κ1) is 37.6. The molecule has 10 atom stereocenters. The van der Waals surface area contributed by atoms with Crippen molar-refractivity contribution in [2.45, 2.75) is 136 Å². The topological polar surface area (TPSA) is 190 Å². The number of rotatable bonds is 14. The van der Waals surface area contributed by atoms with Gasteiger partial charge in [-0.25, -0.2) is 0 Å². The molecule has 3 aliphatic rings. The van der Waals surface area contributed by atoms with Crippen molar-refractivity contribution in [2.75, 3.05) is 19.8 Å². The van der Waals surface area contributed by atoms with Crippen LogP contribution in [0.15, 0.2) is 0 Å². The highest BCUT2D eigenvalue weighted by Gasteiger charge is 2.58. The highest BCUT2D eigenvalue weighted by atomic mass is 16.8. The molecule has 3 heterocycles. The number of hydrogen-bond acceptors (Lipinski definition) is 15. The summed E-state index contributed by atoms with van der Waals surface area (Å²) >= 11 is 0. The highest BCUT2D eigenvalue weighted by Crippen LogP contribution is 2.40. The van der Waals surface area contributed by atoms with E-state index in [1.807, 2.05) is 0 Å². The standard InChI is InChI=1S/C30H47NO15/c1-14(2)10-11-37-26-24(44-29-27(26)45-30(8,9)46-29)20(40-17(5)34)13-39-28-22(31-15(3)32)25(42-19(7)36)23(41-18(6)35)21(43-28)12-38-16(4)33/h14,20-29H,10-13H2,1-9H3,(H,31,32)/t20-,21+,22-,23-,24-,25+,26-,27-,28+,29+/m1/s1. The lowest BCUT2D eigenvalue weighted by Crippen LogP contribution is -2.67. The SMILES string of the molecule is CC(=O)N[C@H]1[C@@H](OC[C@@H](OC(C)=O)[C@H]2O[C@H]3OC(C)(C)O[C@@H]3[C@@H]2OCCC(C)C)O[C@@H](COC(C)=O)[C@@H](OC(C)=O)[C@H]1OC(C)=O. The first-order valence-electron chi connectivity index (χ1n) is 15.3. The molecular formula is C30H47NO15. The molecule has 3 fully saturated rings. The quantitative estimate of drug-likeness (QED) is 0.204. The molecule has 16 nitrogen and oxygen atoms in total. The number of hydrogen-bond donors (Lipinski definition) is 1. The van der Waals surface area contributed by atoms with E-state index in [1.165, 1.54) is 20.8 Å². The Morgan fingerprint density at radius 2 is 1.46 bits per heavy atom. The van der Waals surface area contributed by atoms with E-state index in [0.717, 1.165) is 20.3 Å². The Balaban J connectivity index is 1.91. The van der Waals surface area contributed by atoms with Crippen LogP contribution in [0, 0.1) is 5.92 Å². The maximum absolute atomic E-state index is 12.3. The number of ether oxygens (including phenoxy) is 10. The van der Waals surface area contributed by atoms with Gasteiger partial charge in [0.05, 0.1) is 6.61 Å². The van der Waals surface area contributed by atoms with Crippen LogP contribution in [-0.4, -0.2) is 117 Å². The Kier molecular flexibility index (Phi) is 13.3. The van der Waals surface area contributed by atoms with Gasteiger partial charge in [-0.15, -0.1) is 0 Å². The van der Waals surface area contributed by atoms with Crippen LogP contribution in [0.1, 0.15) is 68.7 Å². The van der Waals surface area contributed by atoms with Crippen LogP contribution in [0.4, 0.5) is 0 Å². The molecular weight excluding hydrogens is 614 g/mol. The third-order valence-corrected chi connectivity index (χ3v) is 7.21. The van der Waals surface area contributed by atoms with E-state index in [2.05, 4.69) is 19.2 Å². The minimum atomic E-state index is -1.38. The van der Waals surface area contributed by atoms with E-state index in [4.69, 9.17) is 47.4 Å². The van der Waals surface area contributed by atoms with Crippen LogP contribution < -0.4 is 5.32 Å². The normalized spacial score (nSPS) is 32.3. The summed E-state index contributed by atoms with van der Waals surface area (Å²) in [5, 5.41) is 2.63. The summed E-state index contributed by atoms with van der Waals surface area (Å²) in [6.07, 6.45) is -8.58. The lowest BCUT2D eigenvalue weighted by molar-refractivity contribution is -0.287. The molecule has 0 saturated carbocycles. The molecule has 262 valence electrons. The highest BCUT2D eigenvalue weighted by molar-refractivity contribution is 5.73. The molecule has 1 amide bonds. The van der Waals surface area contributed by atoms with Crippen LogP contribution in [0.2, 0.25) is 0 Å². The predicted molar refractivity (Wildman–Crippen MR) is 153 cm³/mol. The van der Waals surface area contributed by atoms with E-state index in [9.17, 15) is 24.0 Å². The molecule has 3 saturated heterocycles. The summed E-state index contributed by atoms with van der Waals surface area (Å²) < 4.78 is 58.3. The van der Waals surface area contributed by atoms with Crippen molar-refractivity contribution >= 4 is 29.8 Å². The maximum Gasteiger partial charge on any atom is 0.303 e. The van der Waals surface area contributed by atoms with Crippen LogP contribution in [0.3, 0.4) is 0 Å². The molecule has 0 aromatic carbocycles. The van der Waals surface area contributed by atoms with Gasteiger partial charge in [-0.1, -0.05) is 13.8 Å². The Bertz CT molecular complexity index is 1100. The van der Waals surface area contributed by atoms with E-state index in [0.29, 0.717) is 12.5 Å². The monoisotopic (exact) mass is 661 g/mol. The molecule has 0 aromatic heterocycles. The molecule has 0 bridgehead atoms. The van der Waals surface area contributed by atoms with Crippen molar-refractivity contribution in [1.82, 2.24) is 5.32 Å². The van der Waals surface area contributed by atoms with Crippen molar-refractivity contribution < 1.29 is 71.3 Å². The van der Waals surface area contributed by atoms with Crippen molar-refractivity contribution in [3.8, 4) is 0 Å². The van der Waals surface area contributed by atoms with E-state index in [1.54, 1.807) is 13.8 Å². The number of carbonyl (C=O) groups excluding carboxylic acids is 5. The summed E-state index contributed by atoms with van der Waals surface area (Å²) in [5.41, 5.74) is 0. The fourth-order valence-electron chi connectivity index (χ4n) is 5.46. The van der Waals surface area contributed by atoms with Gasteiger partial charge in [0, 0.05) is 41.2 Å². The Hall–Kier alpha value is -2.89. The molecule has 46 heavy (non-hydrogen) atoms.